The van der Waals surface area contributed by atoms with E-state index in [0.29, 0.717) is 13.0 Å². The molecular weight excluding hydrogens is 288 g/mol. The molecule has 0 radical (unpaired) electrons. The molecule has 0 amide bonds. The monoisotopic (exact) mass is 305 g/mol. The maximum absolute atomic E-state index is 13.9. The van der Waals surface area contributed by atoms with Crippen molar-refractivity contribution in [3.63, 3.8) is 0 Å². The van der Waals surface area contributed by atoms with Gasteiger partial charge in [0.2, 0.25) is 0 Å². The summed E-state index contributed by atoms with van der Waals surface area (Å²) in [5.41, 5.74) is 5.55. The lowest BCUT2D eigenvalue weighted by Crippen LogP contribution is -2.35. The lowest BCUT2D eigenvalue weighted by molar-refractivity contribution is 0.222. The van der Waals surface area contributed by atoms with Gasteiger partial charge < -0.3 is 5.73 Å². The summed E-state index contributed by atoms with van der Waals surface area (Å²) >= 11 is 3.07. The van der Waals surface area contributed by atoms with Crippen LogP contribution in [-0.2, 0) is 6.42 Å². The fraction of sp³-hybridized carbons (Fsp3) is 0.538. The molecule has 0 aliphatic carbocycles. The topological polar surface area (TPSA) is 26.0 Å². The van der Waals surface area contributed by atoms with Crippen LogP contribution in [0.2, 0.25) is 0 Å². The molecular formula is C13H18BrF2N. The molecule has 2 N–H and O–H groups in total. The van der Waals surface area contributed by atoms with Crippen molar-refractivity contribution in [3.05, 3.63) is 33.8 Å². The first kappa shape index (κ1) is 14.6. The quantitative estimate of drug-likeness (QED) is 0.839. The predicted octanol–water partition coefficient (Wildman–Crippen LogP) is 3.89. The third-order valence-corrected chi connectivity index (χ3v) is 4.19. The number of rotatable bonds is 4. The molecule has 1 aromatic rings. The van der Waals surface area contributed by atoms with Crippen LogP contribution < -0.4 is 5.73 Å². The highest BCUT2D eigenvalue weighted by atomic mass is 79.9. The Hall–Kier alpha value is -0.480. The van der Waals surface area contributed by atoms with Gasteiger partial charge in [-0.3, -0.25) is 0 Å². The second-order valence-corrected chi connectivity index (χ2v) is 5.87. The first-order valence-electron chi connectivity index (χ1n) is 5.64. The second-order valence-electron chi connectivity index (χ2n) is 5.01. The fourth-order valence-electron chi connectivity index (χ4n) is 1.65. The van der Waals surface area contributed by atoms with E-state index in [1.54, 1.807) is 0 Å². The third kappa shape index (κ3) is 3.05. The molecule has 1 rings (SSSR count). The summed E-state index contributed by atoms with van der Waals surface area (Å²) in [5.74, 6) is -0.776. The van der Waals surface area contributed by atoms with Gasteiger partial charge in [-0.05, 0) is 52.4 Å². The Morgan fingerprint density at radius 3 is 2.41 bits per heavy atom. The van der Waals surface area contributed by atoms with Gasteiger partial charge in [0.05, 0.1) is 4.47 Å². The summed E-state index contributed by atoms with van der Waals surface area (Å²) in [7, 11) is 0. The van der Waals surface area contributed by atoms with E-state index in [1.165, 1.54) is 12.1 Å². The van der Waals surface area contributed by atoms with Crippen LogP contribution in [0.4, 0.5) is 8.78 Å². The molecule has 0 aliphatic heterocycles. The zero-order valence-electron chi connectivity index (χ0n) is 10.4. The zero-order valence-corrected chi connectivity index (χ0v) is 11.9. The molecule has 4 heteroatoms. The van der Waals surface area contributed by atoms with Gasteiger partial charge in [0.15, 0.2) is 0 Å². The average Bonchev–Trinajstić information content (AvgIpc) is 2.29. The molecule has 1 aromatic carbocycles. The smallest absolute Gasteiger partial charge is 0.143 e. The summed E-state index contributed by atoms with van der Waals surface area (Å²) in [6.07, 6.45) is 0.304. The molecule has 0 fully saturated rings. The highest BCUT2D eigenvalue weighted by Crippen LogP contribution is 2.33. The fourth-order valence-corrected chi connectivity index (χ4v) is 2.02. The van der Waals surface area contributed by atoms with E-state index in [1.807, 2.05) is 20.8 Å². The van der Waals surface area contributed by atoms with Crippen LogP contribution in [0.5, 0.6) is 0 Å². The minimum Gasteiger partial charge on any atom is -0.330 e. The van der Waals surface area contributed by atoms with Crippen molar-refractivity contribution in [2.75, 3.05) is 6.54 Å². The van der Waals surface area contributed by atoms with E-state index in [-0.39, 0.29) is 21.4 Å². The minimum atomic E-state index is -0.523. The first-order valence-corrected chi connectivity index (χ1v) is 6.43. The van der Waals surface area contributed by atoms with Crippen LogP contribution in [0.15, 0.2) is 16.6 Å². The molecule has 0 aliphatic rings. The average molecular weight is 306 g/mol. The Labute approximate surface area is 110 Å². The maximum atomic E-state index is 13.9. The van der Waals surface area contributed by atoms with E-state index in [9.17, 15) is 8.78 Å². The van der Waals surface area contributed by atoms with Crippen LogP contribution in [-0.4, -0.2) is 6.54 Å². The van der Waals surface area contributed by atoms with Crippen LogP contribution in [0, 0.1) is 23.0 Å². The SMILES string of the molecule is CC(C)C(C)(CN)Cc1c(F)ccc(Br)c1F. The lowest BCUT2D eigenvalue weighted by atomic mass is 9.74. The van der Waals surface area contributed by atoms with Gasteiger partial charge in [-0.15, -0.1) is 0 Å². The van der Waals surface area contributed by atoms with Crippen molar-refractivity contribution in [2.45, 2.75) is 27.2 Å². The molecule has 0 heterocycles. The summed E-state index contributed by atoms with van der Waals surface area (Å²) in [4.78, 5) is 0. The van der Waals surface area contributed by atoms with E-state index < -0.39 is 11.6 Å². The summed E-state index contributed by atoms with van der Waals surface area (Å²) in [6.45, 7) is 6.38. The van der Waals surface area contributed by atoms with Gasteiger partial charge in [0.1, 0.15) is 11.6 Å². The minimum absolute atomic E-state index is 0.112. The molecule has 1 atom stereocenters. The van der Waals surface area contributed by atoms with Crippen molar-refractivity contribution in [1.82, 2.24) is 0 Å². The van der Waals surface area contributed by atoms with Crippen molar-refractivity contribution < 1.29 is 8.78 Å². The normalized spacial score (nSPS) is 15.1. The number of hydrogen-bond acceptors (Lipinski definition) is 1. The predicted molar refractivity (Wildman–Crippen MR) is 69.8 cm³/mol. The molecule has 1 nitrogen and oxygen atoms in total. The molecule has 17 heavy (non-hydrogen) atoms. The number of hydrogen-bond donors (Lipinski definition) is 1. The molecule has 0 saturated carbocycles. The molecule has 0 saturated heterocycles. The summed E-state index contributed by atoms with van der Waals surface area (Å²) < 4.78 is 27.8. The largest absolute Gasteiger partial charge is 0.330 e. The van der Waals surface area contributed by atoms with Crippen LogP contribution >= 0.6 is 15.9 Å². The summed E-state index contributed by atoms with van der Waals surface area (Å²) in [5, 5.41) is 0. The van der Waals surface area contributed by atoms with Gasteiger partial charge in [-0.1, -0.05) is 20.8 Å². The molecule has 0 bridgehead atoms. The van der Waals surface area contributed by atoms with Gasteiger partial charge in [0, 0.05) is 5.56 Å². The Kier molecular flexibility index (Phi) is 4.67. The number of halogens is 3. The Balaban J connectivity index is 3.14. The van der Waals surface area contributed by atoms with Gasteiger partial charge in [0.25, 0.3) is 0 Å². The highest BCUT2D eigenvalue weighted by Gasteiger charge is 2.30. The van der Waals surface area contributed by atoms with Gasteiger partial charge >= 0.3 is 0 Å². The van der Waals surface area contributed by atoms with E-state index in [2.05, 4.69) is 15.9 Å². The Morgan fingerprint density at radius 1 is 1.35 bits per heavy atom. The number of benzene rings is 1. The standard InChI is InChI=1S/C13H18BrF2N/c1-8(2)13(3,7-17)6-9-11(15)5-4-10(14)12(9)16/h4-5,8H,6-7,17H2,1-3H3. The van der Waals surface area contributed by atoms with Crippen LogP contribution in [0.25, 0.3) is 0 Å². The van der Waals surface area contributed by atoms with Crippen molar-refractivity contribution >= 4 is 15.9 Å². The summed E-state index contributed by atoms with van der Waals surface area (Å²) in [6, 6.07) is 2.66. The van der Waals surface area contributed by atoms with Gasteiger partial charge in [-0.25, -0.2) is 8.78 Å². The third-order valence-electron chi connectivity index (χ3n) is 3.58. The molecule has 0 aromatic heterocycles. The Morgan fingerprint density at radius 2 is 1.94 bits per heavy atom. The highest BCUT2D eigenvalue weighted by molar-refractivity contribution is 9.10. The molecule has 1 unspecified atom stereocenters. The second kappa shape index (κ2) is 5.44. The van der Waals surface area contributed by atoms with Crippen molar-refractivity contribution in [3.8, 4) is 0 Å². The van der Waals surface area contributed by atoms with Gasteiger partial charge in [-0.2, -0.15) is 0 Å². The number of nitrogens with two attached hydrogens (primary N) is 1. The van der Waals surface area contributed by atoms with E-state index in [4.69, 9.17) is 5.73 Å². The molecule has 0 spiro atoms. The Bertz CT molecular complexity index is 407. The lowest BCUT2D eigenvalue weighted by Gasteiger charge is -2.32. The van der Waals surface area contributed by atoms with Crippen molar-refractivity contribution in [2.24, 2.45) is 17.1 Å². The van der Waals surface area contributed by atoms with Crippen LogP contribution in [0.3, 0.4) is 0 Å². The maximum Gasteiger partial charge on any atom is 0.143 e. The molecule has 96 valence electrons. The van der Waals surface area contributed by atoms with E-state index in [0.717, 1.165) is 0 Å². The van der Waals surface area contributed by atoms with Crippen molar-refractivity contribution in [1.29, 1.82) is 0 Å². The van der Waals surface area contributed by atoms with Crippen LogP contribution in [0.1, 0.15) is 26.3 Å². The zero-order chi connectivity index (χ0) is 13.2. The van der Waals surface area contributed by atoms with E-state index >= 15 is 0 Å². The first-order chi connectivity index (χ1) is 7.81.